The first-order valence-corrected chi connectivity index (χ1v) is 5.89. The van der Waals surface area contributed by atoms with Crippen molar-refractivity contribution in [1.29, 1.82) is 0 Å². The maximum absolute atomic E-state index is 11.6. The van der Waals surface area contributed by atoms with Crippen molar-refractivity contribution in [2.75, 3.05) is 30.8 Å². The highest BCUT2D eigenvalue weighted by molar-refractivity contribution is 5.82. The fourth-order valence-electron chi connectivity index (χ4n) is 1.68. The SMILES string of the molecule is CCCNC(=O)CN(C)c1cccc(N)c1C. The van der Waals surface area contributed by atoms with E-state index in [1.807, 2.05) is 44.0 Å². The molecule has 4 nitrogen and oxygen atoms in total. The molecule has 1 rings (SSSR count). The van der Waals surface area contributed by atoms with Gasteiger partial charge in [0, 0.05) is 25.0 Å². The number of carbonyl (C=O) groups is 1. The van der Waals surface area contributed by atoms with Crippen molar-refractivity contribution in [2.45, 2.75) is 20.3 Å². The minimum Gasteiger partial charge on any atom is -0.398 e. The van der Waals surface area contributed by atoms with Crippen molar-refractivity contribution in [3.8, 4) is 0 Å². The molecule has 0 fully saturated rings. The monoisotopic (exact) mass is 235 g/mol. The minimum atomic E-state index is 0.0381. The summed E-state index contributed by atoms with van der Waals surface area (Å²) in [6.45, 7) is 5.07. The molecule has 1 aromatic carbocycles. The number of nitrogens with one attached hydrogen (secondary N) is 1. The average Bonchev–Trinajstić information content (AvgIpc) is 2.29. The zero-order valence-electron chi connectivity index (χ0n) is 10.8. The van der Waals surface area contributed by atoms with Crippen LogP contribution in [-0.4, -0.2) is 26.0 Å². The van der Waals surface area contributed by atoms with Gasteiger partial charge >= 0.3 is 0 Å². The number of anilines is 2. The Balaban J connectivity index is 2.66. The van der Waals surface area contributed by atoms with Crippen molar-refractivity contribution in [3.05, 3.63) is 23.8 Å². The normalized spacial score (nSPS) is 10.1. The second-order valence-electron chi connectivity index (χ2n) is 4.20. The number of likely N-dealkylation sites (N-methyl/N-ethyl adjacent to an activating group) is 1. The molecule has 94 valence electrons. The molecule has 17 heavy (non-hydrogen) atoms. The zero-order valence-corrected chi connectivity index (χ0v) is 10.8. The first kappa shape index (κ1) is 13.4. The molecule has 1 aromatic rings. The van der Waals surface area contributed by atoms with E-state index in [2.05, 4.69) is 5.32 Å². The van der Waals surface area contributed by atoms with Gasteiger partial charge in [0.05, 0.1) is 6.54 Å². The quantitative estimate of drug-likeness (QED) is 0.761. The van der Waals surface area contributed by atoms with E-state index in [0.717, 1.165) is 29.9 Å². The topological polar surface area (TPSA) is 58.4 Å². The first-order valence-electron chi connectivity index (χ1n) is 5.89. The largest absolute Gasteiger partial charge is 0.398 e. The lowest BCUT2D eigenvalue weighted by atomic mass is 10.1. The third kappa shape index (κ3) is 3.66. The van der Waals surface area contributed by atoms with Crippen molar-refractivity contribution in [3.63, 3.8) is 0 Å². The van der Waals surface area contributed by atoms with Crippen LogP contribution in [0.25, 0.3) is 0 Å². The van der Waals surface area contributed by atoms with E-state index in [1.54, 1.807) is 0 Å². The number of rotatable bonds is 5. The van der Waals surface area contributed by atoms with E-state index in [4.69, 9.17) is 5.73 Å². The van der Waals surface area contributed by atoms with Gasteiger partial charge in [0.1, 0.15) is 0 Å². The summed E-state index contributed by atoms with van der Waals surface area (Å²) in [7, 11) is 1.90. The molecule has 0 aromatic heterocycles. The smallest absolute Gasteiger partial charge is 0.239 e. The van der Waals surface area contributed by atoms with Gasteiger partial charge < -0.3 is 16.0 Å². The predicted octanol–water partition coefficient (Wildman–Crippen LogP) is 1.54. The molecule has 4 heteroatoms. The van der Waals surface area contributed by atoms with Crippen LogP contribution in [0, 0.1) is 6.92 Å². The number of amides is 1. The summed E-state index contributed by atoms with van der Waals surface area (Å²) in [4.78, 5) is 13.5. The van der Waals surface area contributed by atoms with Gasteiger partial charge in [-0.05, 0) is 31.0 Å². The Hall–Kier alpha value is -1.71. The van der Waals surface area contributed by atoms with Gasteiger partial charge in [-0.1, -0.05) is 13.0 Å². The number of nitrogens with zero attached hydrogens (tertiary/aromatic N) is 1. The summed E-state index contributed by atoms with van der Waals surface area (Å²) < 4.78 is 0. The lowest BCUT2D eigenvalue weighted by molar-refractivity contribution is -0.119. The Morgan fingerprint density at radius 3 is 2.82 bits per heavy atom. The summed E-state index contributed by atoms with van der Waals surface area (Å²) in [5.74, 6) is 0.0381. The highest BCUT2D eigenvalue weighted by Crippen LogP contribution is 2.23. The maximum Gasteiger partial charge on any atom is 0.239 e. The molecule has 0 atom stereocenters. The van der Waals surface area contributed by atoms with Gasteiger partial charge in [0.2, 0.25) is 5.91 Å². The Morgan fingerprint density at radius 2 is 2.18 bits per heavy atom. The molecule has 3 N–H and O–H groups in total. The zero-order chi connectivity index (χ0) is 12.8. The van der Waals surface area contributed by atoms with E-state index >= 15 is 0 Å². The molecule has 0 aliphatic heterocycles. The van der Waals surface area contributed by atoms with Crippen LogP contribution in [0.3, 0.4) is 0 Å². The first-order chi connectivity index (χ1) is 8.06. The lowest BCUT2D eigenvalue weighted by Gasteiger charge is -2.21. The number of hydrogen-bond acceptors (Lipinski definition) is 3. The molecule has 0 radical (unpaired) electrons. The van der Waals surface area contributed by atoms with Gasteiger partial charge in [-0.25, -0.2) is 0 Å². The Labute approximate surface area is 103 Å². The molecule has 0 saturated heterocycles. The van der Waals surface area contributed by atoms with Gasteiger partial charge in [0.25, 0.3) is 0 Å². The molecule has 0 aliphatic carbocycles. The number of carbonyl (C=O) groups excluding carboxylic acids is 1. The molecule has 0 aliphatic rings. The predicted molar refractivity (Wildman–Crippen MR) is 72.2 cm³/mol. The van der Waals surface area contributed by atoms with Gasteiger partial charge in [0.15, 0.2) is 0 Å². The third-order valence-corrected chi connectivity index (χ3v) is 2.71. The highest BCUT2D eigenvalue weighted by atomic mass is 16.2. The number of benzene rings is 1. The summed E-state index contributed by atoms with van der Waals surface area (Å²) in [6, 6.07) is 5.74. The van der Waals surface area contributed by atoms with Crippen molar-refractivity contribution >= 4 is 17.3 Å². The standard InChI is InChI=1S/C13H21N3O/c1-4-8-15-13(17)9-16(3)12-7-5-6-11(14)10(12)2/h5-7H,4,8-9,14H2,1-3H3,(H,15,17). The second kappa shape index (κ2) is 6.13. The van der Waals surface area contributed by atoms with Crippen molar-refractivity contribution in [1.82, 2.24) is 5.32 Å². The van der Waals surface area contributed by atoms with Crippen molar-refractivity contribution in [2.24, 2.45) is 0 Å². The van der Waals surface area contributed by atoms with Gasteiger partial charge in [-0.2, -0.15) is 0 Å². The molecular formula is C13H21N3O. The number of nitrogen functional groups attached to an aromatic ring is 1. The van der Waals surface area contributed by atoms with E-state index in [9.17, 15) is 4.79 Å². The summed E-state index contributed by atoms with van der Waals surface area (Å²) in [5, 5.41) is 2.86. The number of hydrogen-bond donors (Lipinski definition) is 2. The Bertz CT molecular complexity index is 390. The molecule has 0 spiro atoms. The van der Waals surface area contributed by atoms with Gasteiger partial charge in [-0.15, -0.1) is 0 Å². The Morgan fingerprint density at radius 1 is 1.47 bits per heavy atom. The second-order valence-corrected chi connectivity index (χ2v) is 4.20. The fraction of sp³-hybridized carbons (Fsp3) is 0.462. The van der Waals surface area contributed by atoms with Crippen LogP contribution < -0.4 is 16.0 Å². The minimum absolute atomic E-state index is 0.0381. The van der Waals surface area contributed by atoms with Crippen LogP contribution in [-0.2, 0) is 4.79 Å². The van der Waals surface area contributed by atoms with Crippen LogP contribution >= 0.6 is 0 Å². The van der Waals surface area contributed by atoms with E-state index < -0.39 is 0 Å². The molecule has 0 bridgehead atoms. The van der Waals surface area contributed by atoms with Crippen LogP contribution in [0.2, 0.25) is 0 Å². The van der Waals surface area contributed by atoms with Crippen LogP contribution in [0.1, 0.15) is 18.9 Å². The molecule has 0 heterocycles. The van der Waals surface area contributed by atoms with Crippen molar-refractivity contribution < 1.29 is 4.79 Å². The molecular weight excluding hydrogens is 214 g/mol. The van der Waals surface area contributed by atoms with Crippen LogP contribution in [0.4, 0.5) is 11.4 Å². The fourth-order valence-corrected chi connectivity index (χ4v) is 1.68. The van der Waals surface area contributed by atoms with E-state index in [0.29, 0.717) is 6.54 Å². The summed E-state index contributed by atoms with van der Waals surface area (Å²) in [5.41, 5.74) is 8.60. The van der Waals surface area contributed by atoms with Gasteiger partial charge in [-0.3, -0.25) is 4.79 Å². The van der Waals surface area contributed by atoms with E-state index in [1.165, 1.54) is 0 Å². The maximum atomic E-state index is 11.6. The Kier molecular flexibility index (Phi) is 4.82. The molecule has 0 saturated carbocycles. The number of nitrogens with two attached hydrogens (primary N) is 1. The molecule has 1 amide bonds. The van der Waals surface area contributed by atoms with Crippen LogP contribution in [0.5, 0.6) is 0 Å². The van der Waals surface area contributed by atoms with Crippen LogP contribution in [0.15, 0.2) is 18.2 Å². The highest BCUT2D eigenvalue weighted by Gasteiger charge is 2.09. The average molecular weight is 235 g/mol. The lowest BCUT2D eigenvalue weighted by Crippen LogP contribution is -2.35. The summed E-state index contributed by atoms with van der Waals surface area (Å²) >= 11 is 0. The van der Waals surface area contributed by atoms with E-state index in [-0.39, 0.29) is 5.91 Å². The third-order valence-electron chi connectivity index (χ3n) is 2.71. The molecule has 0 unspecified atom stereocenters. The summed E-state index contributed by atoms with van der Waals surface area (Å²) in [6.07, 6.45) is 0.951.